The van der Waals surface area contributed by atoms with Gasteiger partial charge < -0.3 is 25.2 Å². The quantitative estimate of drug-likeness (QED) is 0.362. The zero-order chi connectivity index (χ0) is 30.8. The van der Waals surface area contributed by atoms with Crippen molar-refractivity contribution in [1.82, 2.24) is 15.5 Å². The fourth-order valence-corrected chi connectivity index (χ4v) is 6.27. The standard InChI is InChI=1S/C21H31N5O2.C11H14BrNO2/c1-16-14-18(2-3-19(16)26-11-6-20(27)23-21(26)28)25-9-4-17(5-10-25)15-24-12-7-22-8-13-24;1-8-7-9(12)3-4-10(8)13-6-5-11(14)15-2/h2-3,14,17,22H,4-13,15H2,1H3,(H,23,27,28);3-4,7,13H,5-6H2,1-2H3. The van der Waals surface area contributed by atoms with Crippen LogP contribution in [0.5, 0.6) is 0 Å². The predicted molar refractivity (Wildman–Crippen MR) is 175 cm³/mol. The van der Waals surface area contributed by atoms with Crippen molar-refractivity contribution in [2.24, 2.45) is 5.92 Å². The Morgan fingerprint density at radius 3 is 2.40 bits per heavy atom. The van der Waals surface area contributed by atoms with Crippen LogP contribution in [-0.4, -0.2) is 88.8 Å². The summed E-state index contributed by atoms with van der Waals surface area (Å²) >= 11 is 3.40. The molecule has 3 aliphatic rings. The highest BCUT2D eigenvalue weighted by Crippen LogP contribution is 2.30. The maximum Gasteiger partial charge on any atom is 0.328 e. The van der Waals surface area contributed by atoms with Crippen LogP contribution in [0.2, 0.25) is 0 Å². The third-order valence-electron chi connectivity index (χ3n) is 8.29. The maximum absolute atomic E-state index is 12.1. The van der Waals surface area contributed by atoms with Crippen molar-refractivity contribution in [3.05, 3.63) is 52.0 Å². The van der Waals surface area contributed by atoms with Gasteiger partial charge in [-0.3, -0.25) is 19.8 Å². The summed E-state index contributed by atoms with van der Waals surface area (Å²) in [7, 11) is 1.40. The van der Waals surface area contributed by atoms with Gasteiger partial charge in [0.15, 0.2) is 0 Å². The van der Waals surface area contributed by atoms with Crippen LogP contribution < -0.4 is 25.8 Å². The molecule has 0 atom stereocenters. The van der Waals surface area contributed by atoms with Crippen LogP contribution >= 0.6 is 15.9 Å². The van der Waals surface area contributed by atoms with Gasteiger partial charge in [0.2, 0.25) is 5.91 Å². The molecule has 0 spiro atoms. The van der Waals surface area contributed by atoms with E-state index >= 15 is 0 Å². The van der Waals surface area contributed by atoms with Gasteiger partial charge in [-0.05, 0) is 80.1 Å². The largest absolute Gasteiger partial charge is 0.469 e. The summed E-state index contributed by atoms with van der Waals surface area (Å²) in [5, 5.41) is 9.01. The molecule has 43 heavy (non-hydrogen) atoms. The molecule has 0 saturated carbocycles. The van der Waals surface area contributed by atoms with E-state index < -0.39 is 0 Å². The van der Waals surface area contributed by atoms with Crippen molar-refractivity contribution in [3.63, 3.8) is 0 Å². The van der Waals surface area contributed by atoms with Gasteiger partial charge in [0.25, 0.3) is 0 Å². The Balaban J connectivity index is 0.000000239. The van der Waals surface area contributed by atoms with E-state index in [-0.39, 0.29) is 17.9 Å². The molecule has 3 saturated heterocycles. The molecule has 234 valence electrons. The smallest absolute Gasteiger partial charge is 0.328 e. The first kappa shape index (κ1) is 32.8. The van der Waals surface area contributed by atoms with Crippen molar-refractivity contribution in [2.75, 3.05) is 81.1 Å². The lowest BCUT2D eigenvalue weighted by molar-refractivity contribution is -0.140. The Labute approximate surface area is 263 Å². The molecule has 3 fully saturated rings. The second kappa shape index (κ2) is 16.1. The number of nitrogens with one attached hydrogen (secondary N) is 3. The van der Waals surface area contributed by atoms with Crippen molar-refractivity contribution in [1.29, 1.82) is 0 Å². The van der Waals surface area contributed by atoms with Crippen molar-refractivity contribution >= 4 is 50.9 Å². The molecular weight excluding hydrogens is 612 g/mol. The lowest BCUT2D eigenvalue weighted by atomic mass is 9.95. The van der Waals surface area contributed by atoms with E-state index in [0.29, 0.717) is 25.9 Å². The van der Waals surface area contributed by atoms with Crippen molar-refractivity contribution < 1.29 is 19.1 Å². The molecule has 10 nitrogen and oxygen atoms in total. The zero-order valence-corrected chi connectivity index (χ0v) is 27.2. The number of hydrogen-bond donors (Lipinski definition) is 3. The minimum atomic E-state index is -0.319. The van der Waals surface area contributed by atoms with Crippen molar-refractivity contribution in [3.8, 4) is 0 Å². The van der Waals surface area contributed by atoms with E-state index in [4.69, 9.17) is 0 Å². The van der Waals surface area contributed by atoms with Crippen LogP contribution in [0.3, 0.4) is 0 Å². The van der Waals surface area contributed by atoms with Crippen LogP contribution in [0, 0.1) is 19.8 Å². The first-order valence-corrected chi connectivity index (χ1v) is 16.0. The Morgan fingerprint density at radius 1 is 1.00 bits per heavy atom. The van der Waals surface area contributed by atoms with Gasteiger partial charge in [-0.2, -0.15) is 0 Å². The summed E-state index contributed by atoms with van der Waals surface area (Å²) in [6.45, 7) is 13.1. The Kier molecular flexibility index (Phi) is 12.2. The number of nitrogens with zero attached hydrogens (tertiary/aromatic N) is 3. The number of esters is 1. The second-order valence-electron chi connectivity index (χ2n) is 11.4. The molecule has 2 aromatic carbocycles. The number of carbonyl (C=O) groups is 3. The number of benzene rings is 2. The summed E-state index contributed by atoms with van der Waals surface area (Å²) < 4.78 is 5.61. The second-order valence-corrected chi connectivity index (χ2v) is 12.3. The maximum atomic E-state index is 12.1. The van der Waals surface area contributed by atoms with E-state index in [0.717, 1.165) is 59.1 Å². The summed E-state index contributed by atoms with van der Waals surface area (Å²) in [6.07, 6.45) is 3.21. The number of amides is 3. The monoisotopic (exact) mass is 656 g/mol. The van der Waals surface area contributed by atoms with E-state index in [9.17, 15) is 14.4 Å². The SMILES string of the molecule is COC(=O)CCNc1ccc(Br)cc1C.Cc1cc(N2CCC(CN3CCNCC3)CC2)ccc1N1CCC(=O)NC1=O. The minimum Gasteiger partial charge on any atom is -0.469 e. The normalized spacial score (nSPS) is 18.0. The van der Waals surface area contributed by atoms with Crippen LogP contribution in [0.1, 0.15) is 36.8 Å². The van der Waals surface area contributed by atoms with E-state index in [1.54, 1.807) is 4.90 Å². The molecule has 0 aromatic heterocycles. The number of piperidine rings is 1. The highest BCUT2D eigenvalue weighted by molar-refractivity contribution is 9.10. The Bertz CT molecular complexity index is 1260. The fourth-order valence-electron chi connectivity index (χ4n) is 5.79. The number of carbonyl (C=O) groups excluding carboxylic acids is 3. The number of methoxy groups -OCH3 is 1. The number of imide groups is 1. The molecule has 2 aromatic rings. The van der Waals surface area contributed by atoms with Gasteiger partial charge in [-0.1, -0.05) is 15.9 Å². The molecule has 3 amide bonds. The van der Waals surface area contributed by atoms with Gasteiger partial charge >= 0.3 is 12.0 Å². The molecule has 0 bridgehead atoms. The molecule has 0 radical (unpaired) electrons. The highest BCUT2D eigenvalue weighted by atomic mass is 79.9. The molecule has 0 unspecified atom stereocenters. The summed E-state index contributed by atoms with van der Waals surface area (Å²) in [5.74, 6) is 0.403. The van der Waals surface area contributed by atoms with Gasteiger partial charge in [0, 0.05) is 86.9 Å². The van der Waals surface area contributed by atoms with Crippen LogP contribution in [0.15, 0.2) is 40.9 Å². The first-order valence-electron chi connectivity index (χ1n) is 15.2. The van der Waals surface area contributed by atoms with Gasteiger partial charge in [0.1, 0.15) is 0 Å². The zero-order valence-electron chi connectivity index (χ0n) is 25.6. The topological polar surface area (TPSA) is 106 Å². The highest BCUT2D eigenvalue weighted by Gasteiger charge is 2.26. The predicted octanol–water partition coefficient (Wildman–Crippen LogP) is 4.30. The molecule has 0 aliphatic carbocycles. The number of anilines is 3. The van der Waals surface area contributed by atoms with Crippen molar-refractivity contribution in [2.45, 2.75) is 39.5 Å². The number of urea groups is 1. The summed E-state index contributed by atoms with van der Waals surface area (Å²) in [6, 6.07) is 12.0. The Morgan fingerprint density at radius 2 is 1.74 bits per heavy atom. The molecule has 3 heterocycles. The molecule has 11 heteroatoms. The van der Waals surface area contributed by atoms with Gasteiger partial charge in [-0.15, -0.1) is 0 Å². The average molecular weight is 658 g/mol. The lowest BCUT2D eigenvalue weighted by Gasteiger charge is -2.37. The van der Waals surface area contributed by atoms with E-state index in [1.807, 2.05) is 38.1 Å². The summed E-state index contributed by atoms with van der Waals surface area (Å²) in [5.41, 5.74) is 5.39. The van der Waals surface area contributed by atoms with Crippen LogP contribution in [-0.2, 0) is 14.3 Å². The van der Waals surface area contributed by atoms with E-state index in [1.165, 1.54) is 45.3 Å². The van der Waals surface area contributed by atoms with Gasteiger partial charge in [0.05, 0.1) is 13.5 Å². The molecule has 3 aliphatic heterocycles. The average Bonchev–Trinajstić information content (AvgIpc) is 3.00. The lowest BCUT2D eigenvalue weighted by Crippen LogP contribution is -2.49. The van der Waals surface area contributed by atoms with Gasteiger partial charge in [-0.25, -0.2) is 4.79 Å². The van der Waals surface area contributed by atoms with Crippen LogP contribution in [0.25, 0.3) is 0 Å². The number of halogens is 1. The number of piperazine rings is 1. The third-order valence-corrected chi connectivity index (χ3v) is 8.78. The number of rotatable bonds is 8. The Hall–Kier alpha value is -3.15. The molecule has 5 rings (SSSR count). The number of ether oxygens (including phenoxy) is 1. The number of hydrogen-bond acceptors (Lipinski definition) is 8. The molecule has 3 N–H and O–H groups in total. The molecular formula is C32H45BrN6O4. The fraction of sp³-hybridized carbons (Fsp3) is 0.531. The third kappa shape index (κ3) is 9.67. The van der Waals surface area contributed by atoms with Crippen LogP contribution in [0.4, 0.5) is 21.9 Å². The first-order chi connectivity index (χ1) is 20.7. The summed E-state index contributed by atoms with van der Waals surface area (Å²) in [4.78, 5) is 41.1. The number of aryl methyl sites for hydroxylation is 2. The minimum absolute atomic E-state index is 0.195. The van der Waals surface area contributed by atoms with E-state index in [2.05, 4.69) is 58.5 Å².